The van der Waals surface area contributed by atoms with Gasteiger partial charge in [-0.3, -0.25) is 4.98 Å². The number of thiazole rings is 1. The van der Waals surface area contributed by atoms with E-state index in [2.05, 4.69) is 15.0 Å². The summed E-state index contributed by atoms with van der Waals surface area (Å²) in [6, 6.07) is 0. The van der Waals surface area contributed by atoms with Gasteiger partial charge in [0.05, 0.1) is 25.0 Å². The lowest BCUT2D eigenvalue weighted by atomic mass is 10.4. The van der Waals surface area contributed by atoms with Crippen molar-refractivity contribution in [3.05, 3.63) is 28.5 Å². The van der Waals surface area contributed by atoms with Gasteiger partial charge in [0.25, 0.3) is 0 Å². The molecule has 2 rings (SSSR count). The molecule has 5 nitrogen and oxygen atoms in total. The molecule has 0 spiro atoms. The van der Waals surface area contributed by atoms with Gasteiger partial charge in [-0.15, -0.1) is 11.3 Å². The molecule has 0 aliphatic carbocycles. The van der Waals surface area contributed by atoms with Crippen molar-refractivity contribution < 1.29 is 17.9 Å². The van der Waals surface area contributed by atoms with E-state index in [0.717, 1.165) is 16.7 Å². The van der Waals surface area contributed by atoms with Crippen molar-refractivity contribution in [3.8, 4) is 5.88 Å². The van der Waals surface area contributed by atoms with E-state index in [1.165, 1.54) is 12.4 Å². The minimum absolute atomic E-state index is 0.0387. The van der Waals surface area contributed by atoms with Crippen LogP contribution in [0.4, 0.5) is 19.0 Å². The fourth-order valence-electron chi connectivity index (χ4n) is 1.62. The first-order valence-electron chi connectivity index (χ1n) is 6.47. The van der Waals surface area contributed by atoms with Crippen molar-refractivity contribution in [3.63, 3.8) is 0 Å². The average Bonchev–Trinajstić information content (AvgIpc) is 2.86. The zero-order valence-electron chi connectivity index (χ0n) is 12.3. The Morgan fingerprint density at radius 3 is 2.59 bits per heavy atom. The minimum Gasteiger partial charge on any atom is -0.474 e. The van der Waals surface area contributed by atoms with Crippen LogP contribution in [0.5, 0.6) is 5.88 Å². The number of hydrogen-bond donors (Lipinski definition) is 0. The third-order valence-electron chi connectivity index (χ3n) is 2.56. The summed E-state index contributed by atoms with van der Waals surface area (Å²) in [5, 5.41) is 1.36. The molecule has 0 fully saturated rings. The number of nitrogens with zero attached hydrogens (tertiary/aromatic N) is 4. The summed E-state index contributed by atoms with van der Waals surface area (Å²) in [6.07, 6.45) is -1.45. The number of aromatic nitrogens is 3. The molecule has 9 heteroatoms. The molecule has 0 bridgehead atoms. The molecule has 0 aromatic carbocycles. The van der Waals surface area contributed by atoms with Gasteiger partial charge in [0.1, 0.15) is 5.01 Å². The fraction of sp³-hybridized carbons (Fsp3) is 0.462. The Hall–Kier alpha value is -1.90. The maximum atomic E-state index is 12.5. The van der Waals surface area contributed by atoms with Crippen molar-refractivity contribution in [2.75, 3.05) is 11.9 Å². The molecule has 0 saturated carbocycles. The highest BCUT2D eigenvalue weighted by Crippen LogP contribution is 2.30. The lowest BCUT2D eigenvalue weighted by molar-refractivity contribution is -0.140. The summed E-state index contributed by atoms with van der Waals surface area (Å²) in [7, 11) is 1.71. The molecule has 0 atom stereocenters. The van der Waals surface area contributed by atoms with Gasteiger partial charge in [0.15, 0.2) is 11.5 Å². The molecular weight excluding hydrogens is 317 g/mol. The molecule has 0 aliphatic rings. The van der Waals surface area contributed by atoms with E-state index in [1.54, 1.807) is 11.9 Å². The summed E-state index contributed by atoms with van der Waals surface area (Å²) in [4.78, 5) is 13.5. The second-order valence-corrected chi connectivity index (χ2v) is 5.81. The van der Waals surface area contributed by atoms with E-state index < -0.39 is 11.9 Å². The van der Waals surface area contributed by atoms with Crippen LogP contribution >= 0.6 is 11.3 Å². The summed E-state index contributed by atoms with van der Waals surface area (Å²) in [5.41, 5.74) is -0.871. The van der Waals surface area contributed by atoms with Crippen molar-refractivity contribution in [2.45, 2.75) is 32.7 Å². The molecule has 22 heavy (non-hydrogen) atoms. The molecule has 0 N–H and O–H groups in total. The standard InChI is InChI=1S/C13H15F3N4OS/c1-8(2)21-11-5-17-4-10(19-11)20(3)6-12-18-9(7-22-12)13(14,15)16/h4-5,7-8H,6H2,1-3H3. The third kappa shape index (κ3) is 4.30. The highest BCUT2D eigenvalue weighted by atomic mass is 32.1. The minimum atomic E-state index is -4.42. The fourth-order valence-corrected chi connectivity index (χ4v) is 2.47. The van der Waals surface area contributed by atoms with E-state index in [4.69, 9.17) is 4.74 Å². The van der Waals surface area contributed by atoms with Crippen LogP contribution in [0.1, 0.15) is 24.5 Å². The molecule has 2 aromatic rings. The maximum Gasteiger partial charge on any atom is 0.434 e. The van der Waals surface area contributed by atoms with Crippen LogP contribution in [-0.4, -0.2) is 28.1 Å². The normalized spacial score (nSPS) is 11.8. The summed E-state index contributed by atoms with van der Waals surface area (Å²) in [6.45, 7) is 3.94. The topological polar surface area (TPSA) is 51.1 Å². The zero-order valence-corrected chi connectivity index (χ0v) is 13.1. The molecule has 2 heterocycles. The first kappa shape index (κ1) is 16.5. The van der Waals surface area contributed by atoms with Crippen LogP contribution in [0, 0.1) is 0 Å². The average molecular weight is 332 g/mol. The van der Waals surface area contributed by atoms with Crippen LogP contribution in [0.3, 0.4) is 0 Å². The molecular formula is C13H15F3N4OS. The highest BCUT2D eigenvalue weighted by Gasteiger charge is 2.33. The number of hydrogen-bond acceptors (Lipinski definition) is 6. The highest BCUT2D eigenvalue weighted by molar-refractivity contribution is 7.09. The quantitative estimate of drug-likeness (QED) is 0.840. The summed E-state index contributed by atoms with van der Waals surface area (Å²) < 4.78 is 43.0. The zero-order chi connectivity index (χ0) is 16.3. The van der Waals surface area contributed by atoms with Crippen molar-refractivity contribution in [1.82, 2.24) is 15.0 Å². The van der Waals surface area contributed by atoms with Gasteiger partial charge in [0, 0.05) is 12.4 Å². The van der Waals surface area contributed by atoms with Gasteiger partial charge in [-0.1, -0.05) is 0 Å². The van der Waals surface area contributed by atoms with Gasteiger partial charge >= 0.3 is 6.18 Å². The second-order valence-electron chi connectivity index (χ2n) is 4.86. The number of anilines is 1. The number of ether oxygens (including phenoxy) is 1. The molecule has 0 unspecified atom stereocenters. The molecule has 0 radical (unpaired) electrons. The Morgan fingerprint density at radius 2 is 2.00 bits per heavy atom. The Morgan fingerprint density at radius 1 is 1.27 bits per heavy atom. The van der Waals surface area contributed by atoms with E-state index in [-0.39, 0.29) is 12.6 Å². The largest absolute Gasteiger partial charge is 0.474 e. The predicted octanol–water partition coefficient (Wildman–Crippen LogP) is 3.38. The summed E-state index contributed by atoms with van der Waals surface area (Å²) in [5.74, 6) is 0.872. The van der Waals surface area contributed by atoms with Crippen LogP contribution in [-0.2, 0) is 12.7 Å². The smallest absolute Gasteiger partial charge is 0.434 e. The Kier molecular flexibility index (Phi) is 4.84. The third-order valence-corrected chi connectivity index (χ3v) is 3.40. The van der Waals surface area contributed by atoms with Crippen molar-refractivity contribution >= 4 is 17.2 Å². The molecule has 0 saturated heterocycles. The van der Waals surface area contributed by atoms with Crippen molar-refractivity contribution in [2.24, 2.45) is 0 Å². The molecule has 120 valence electrons. The number of alkyl halides is 3. The lowest BCUT2D eigenvalue weighted by Gasteiger charge is -2.17. The van der Waals surface area contributed by atoms with Gasteiger partial charge in [-0.25, -0.2) is 4.98 Å². The van der Waals surface area contributed by atoms with Gasteiger partial charge in [-0.2, -0.15) is 18.2 Å². The lowest BCUT2D eigenvalue weighted by Crippen LogP contribution is -2.19. The van der Waals surface area contributed by atoms with Crippen molar-refractivity contribution in [1.29, 1.82) is 0 Å². The number of rotatable bonds is 5. The van der Waals surface area contributed by atoms with E-state index in [0.29, 0.717) is 16.7 Å². The number of halogens is 3. The second kappa shape index (κ2) is 6.47. The van der Waals surface area contributed by atoms with E-state index in [1.807, 2.05) is 13.8 Å². The first-order valence-corrected chi connectivity index (χ1v) is 7.35. The molecule has 0 amide bonds. The van der Waals surface area contributed by atoms with Gasteiger partial charge in [0.2, 0.25) is 5.88 Å². The van der Waals surface area contributed by atoms with Gasteiger partial charge in [-0.05, 0) is 13.8 Å². The Balaban J connectivity index is 2.09. The monoisotopic (exact) mass is 332 g/mol. The van der Waals surface area contributed by atoms with Crippen LogP contribution in [0.15, 0.2) is 17.8 Å². The van der Waals surface area contributed by atoms with E-state index in [9.17, 15) is 13.2 Å². The Labute approximate surface area is 129 Å². The Bertz CT molecular complexity index is 630. The maximum absolute atomic E-state index is 12.5. The summed E-state index contributed by atoms with van der Waals surface area (Å²) >= 11 is 0.962. The van der Waals surface area contributed by atoms with Gasteiger partial charge < -0.3 is 9.64 Å². The van der Waals surface area contributed by atoms with Crippen LogP contribution in [0.2, 0.25) is 0 Å². The molecule has 0 aliphatic heterocycles. The van der Waals surface area contributed by atoms with Crippen LogP contribution < -0.4 is 9.64 Å². The molecule has 2 aromatic heterocycles. The SMILES string of the molecule is CC(C)Oc1cncc(N(C)Cc2nc(C(F)(F)F)cs2)n1. The van der Waals surface area contributed by atoms with E-state index >= 15 is 0 Å². The van der Waals surface area contributed by atoms with Crippen LogP contribution in [0.25, 0.3) is 0 Å². The first-order chi connectivity index (χ1) is 10.3. The predicted molar refractivity (Wildman–Crippen MR) is 77.0 cm³/mol.